The molecule has 3 aromatic heterocycles. The summed E-state index contributed by atoms with van der Waals surface area (Å²) in [5, 5.41) is 6.49. The molecule has 1 aliphatic heterocycles. The summed E-state index contributed by atoms with van der Waals surface area (Å²) < 4.78 is 7.48. The lowest BCUT2D eigenvalue weighted by molar-refractivity contribution is 0.0506. The van der Waals surface area contributed by atoms with E-state index in [1.54, 1.807) is 41.5 Å². The van der Waals surface area contributed by atoms with Crippen LogP contribution in [0.3, 0.4) is 0 Å². The molecular weight excluding hydrogens is 350 g/mol. The summed E-state index contributed by atoms with van der Waals surface area (Å²) in [4.78, 5) is 24.1. The molecule has 1 amide bonds. The summed E-state index contributed by atoms with van der Waals surface area (Å²) in [6.07, 6.45) is 4.97. The Hall–Kier alpha value is -2.74. The zero-order valence-electron chi connectivity index (χ0n) is 14.4. The molecule has 0 radical (unpaired) electrons. The third-order valence-electron chi connectivity index (χ3n) is 4.35. The van der Waals surface area contributed by atoms with Gasteiger partial charge in [-0.1, -0.05) is 6.07 Å². The van der Waals surface area contributed by atoms with E-state index in [-0.39, 0.29) is 12.0 Å². The predicted octanol–water partition coefficient (Wildman–Crippen LogP) is 2.62. The Labute approximate surface area is 155 Å². The van der Waals surface area contributed by atoms with Crippen molar-refractivity contribution in [2.45, 2.75) is 18.9 Å². The maximum atomic E-state index is 13.0. The van der Waals surface area contributed by atoms with Gasteiger partial charge in [0.25, 0.3) is 5.91 Å². The van der Waals surface area contributed by atoms with Gasteiger partial charge in [-0.2, -0.15) is 5.10 Å². The Bertz CT molecular complexity index is 878. The standard InChI is InChI=1S/C18H19N5O2S/c1-22-15(11-14(21-22)16-6-3-10-26-16)17(24)23-9-2-5-13(12-23)25-18-19-7-4-8-20-18/h3-4,6-8,10-11,13H,2,5,9,12H2,1H3. The van der Waals surface area contributed by atoms with Gasteiger partial charge in [0.05, 0.1) is 11.4 Å². The molecule has 134 valence electrons. The number of rotatable bonds is 4. The average molecular weight is 369 g/mol. The van der Waals surface area contributed by atoms with E-state index in [1.807, 2.05) is 28.5 Å². The number of carbonyl (C=O) groups is 1. The van der Waals surface area contributed by atoms with E-state index in [0.717, 1.165) is 23.4 Å². The Kier molecular flexibility index (Phi) is 4.66. The molecule has 0 saturated carbocycles. The van der Waals surface area contributed by atoms with Crippen molar-refractivity contribution in [3.63, 3.8) is 0 Å². The fourth-order valence-corrected chi connectivity index (χ4v) is 3.77. The molecule has 1 atom stereocenters. The molecule has 0 spiro atoms. The van der Waals surface area contributed by atoms with Crippen LogP contribution in [0.5, 0.6) is 6.01 Å². The van der Waals surface area contributed by atoms with Crippen molar-refractivity contribution in [3.8, 4) is 16.6 Å². The normalized spacial score (nSPS) is 17.3. The van der Waals surface area contributed by atoms with E-state index >= 15 is 0 Å². The van der Waals surface area contributed by atoms with Crippen LogP contribution in [0.4, 0.5) is 0 Å². The minimum Gasteiger partial charge on any atom is -0.458 e. The van der Waals surface area contributed by atoms with E-state index < -0.39 is 0 Å². The van der Waals surface area contributed by atoms with Crippen LogP contribution in [0.1, 0.15) is 23.3 Å². The molecule has 0 bridgehead atoms. The summed E-state index contributed by atoms with van der Waals surface area (Å²) >= 11 is 1.61. The molecule has 4 rings (SSSR count). The first-order valence-electron chi connectivity index (χ1n) is 8.51. The quantitative estimate of drug-likeness (QED) is 0.707. The Morgan fingerprint density at radius 1 is 1.31 bits per heavy atom. The molecular formula is C18H19N5O2S. The van der Waals surface area contributed by atoms with Gasteiger partial charge in [-0.25, -0.2) is 9.97 Å². The van der Waals surface area contributed by atoms with E-state index in [2.05, 4.69) is 15.1 Å². The molecule has 1 unspecified atom stereocenters. The molecule has 1 fully saturated rings. The zero-order chi connectivity index (χ0) is 17.9. The van der Waals surface area contributed by atoms with Crippen molar-refractivity contribution in [1.82, 2.24) is 24.6 Å². The summed E-state index contributed by atoms with van der Waals surface area (Å²) in [6, 6.07) is 7.95. The van der Waals surface area contributed by atoms with E-state index in [9.17, 15) is 4.79 Å². The Balaban J connectivity index is 1.47. The van der Waals surface area contributed by atoms with Crippen LogP contribution in [0, 0.1) is 0 Å². The zero-order valence-corrected chi connectivity index (χ0v) is 15.2. The number of aryl methyl sites for hydroxylation is 1. The summed E-state index contributed by atoms with van der Waals surface area (Å²) in [6.45, 7) is 1.24. The second-order valence-corrected chi connectivity index (χ2v) is 7.13. The number of piperidine rings is 1. The van der Waals surface area contributed by atoms with Crippen molar-refractivity contribution < 1.29 is 9.53 Å². The van der Waals surface area contributed by atoms with Gasteiger partial charge >= 0.3 is 6.01 Å². The molecule has 26 heavy (non-hydrogen) atoms. The van der Waals surface area contributed by atoms with Gasteiger partial charge in [0.1, 0.15) is 17.5 Å². The third kappa shape index (κ3) is 3.45. The number of hydrogen-bond acceptors (Lipinski definition) is 6. The lowest BCUT2D eigenvalue weighted by atomic mass is 10.1. The highest BCUT2D eigenvalue weighted by atomic mass is 32.1. The lowest BCUT2D eigenvalue weighted by Crippen LogP contribution is -2.45. The van der Waals surface area contributed by atoms with Crippen LogP contribution in [-0.2, 0) is 7.05 Å². The largest absolute Gasteiger partial charge is 0.458 e. The molecule has 7 nitrogen and oxygen atoms in total. The number of thiophene rings is 1. The van der Waals surface area contributed by atoms with Gasteiger partial charge in [-0.15, -0.1) is 11.3 Å². The summed E-state index contributed by atoms with van der Waals surface area (Å²) in [5.74, 6) is -0.0231. The van der Waals surface area contributed by atoms with Gasteiger partial charge in [-0.05, 0) is 36.4 Å². The third-order valence-corrected chi connectivity index (χ3v) is 5.24. The van der Waals surface area contributed by atoms with Crippen molar-refractivity contribution in [2.24, 2.45) is 7.05 Å². The summed E-state index contributed by atoms with van der Waals surface area (Å²) in [5.41, 5.74) is 1.42. The van der Waals surface area contributed by atoms with Crippen molar-refractivity contribution >= 4 is 17.2 Å². The average Bonchev–Trinajstić information content (AvgIpc) is 3.32. The van der Waals surface area contributed by atoms with E-state index in [1.165, 1.54) is 0 Å². The van der Waals surface area contributed by atoms with Crippen molar-refractivity contribution in [2.75, 3.05) is 13.1 Å². The second kappa shape index (κ2) is 7.25. The number of nitrogens with zero attached hydrogens (tertiary/aromatic N) is 5. The van der Waals surface area contributed by atoms with Crippen LogP contribution in [0.25, 0.3) is 10.6 Å². The molecule has 1 aliphatic rings. The summed E-state index contributed by atoms with van der Waals surface area (Å²) in [7, 11) is 1.81. The van der Waals surface area contributed by atoms with Crippen LogP contribution >= 0.6 is 11.3 Å². The van der Waals surface area contributed by atoms with Crippen LogP contribution in [0.2, 0.25) is 0 Å². The number of carbonyl (C=O) groups excluding carboxylic acids is 1. The molecule has 4 heterocycles. The maximum Gasteiger partial charge on any atom is 0.316 e. The number of aromatic nitrogens is 4. The molecule has 0 aromatic carbocycles. The van der Waals surface area contributed by atoms with Gasteiger partial charge in [0, 0.05) is 26.0 Å². The van der Waals surface area contributed by atoms with Gasteiger partial charge < -0.3 is 9.64 Å². The van der Waals surface area contributed by atoms with Gasteiger partial charge in [-0.3, -0.25) is 9.48 Å². The number of likely N-dealkylation sites (tertiary alicyclic amines) is 1. The monoisotopic (exact) mass is 369 g/mol. The Morgan fingerprint density at radius 2 is 2.15 bits per heavy atom. The maximum absolute atomic E-state index is 13.0. The molecule has 1 saturated heterocycles. The fraction of sp³-hybridized carbons (Fsp3) is 0.333. The van der Waals surface area contributed by atoms with Crippen molar-refractivity contribution in [3.05, 3.63) is 47.7 Å². The lowest BCUT2D eigenvalue weighted by Gasteiger charge is -2.32. The fourth-order valence-electron chi connectivity index (χ4n) is 3.09. The minimum absolute atomic E-state index is 0.0231. The highest BCUT2D eigenvalue weighted by Crippen LogP contribution is 2.25. The predicted molar refractivity (Wildman–Crippen MR) is 98.1 cm³/mol. The SMILES string of the molecule is Cn1nc(-c2cccs2)cc1C(=O)N1CCCC(Oc2ncccn2)C1. The first-order valence-corrected chi connectivity index (χ1v) is 9.39. The smallest absolute Gasteiger partial charge is 0.316 e. The second-order valence-electron chi connectivity index (χ2n) is 6.18. The highest BCUT2D eigenvalue weighted by molar-refractivity contribution is 7.13. The van der Waals surface area contributed by atoms with Gasteiger partial charge in [0.2, 0.25) is 0 Å². The first-order chi connectivity index (χ1) is 12.7. The van der Waals surface area contributed by atoms with Crippen LogP contribution < -0.4 is 4.74 Å². The molecule has 0 aliphatic carbocycles. The molecule has 0 N–H and O–H groups in total. The number of amides is 1. The number of ether oxygens (including phenoxy) is 1. The van der Waals surface area contributed by atoms with Gasteiger partial charge in [0.15, 0.2) is 0 Å². The van der Waals surface area contributed by atoms with E-state index in [0.29, 0.717) is 24.8 Å². The molecule has 3 aromatic rings. The highest BCUT2D eigenvalue weighted by Gasteiger charge is 2.28. The minimum atomic E-state index is -0.0971. The van der Waals surface area contributed by atoms with Crippen molar-refractivity contribution in [1.29, 1.82) is 0 Å². The van der Waals surface area contributed by atoms with E-state index in [4.69, 9.17) is 4.74 Å². The van der Waals surface area contributed by atoms with Crippen LogP contribution in [-0.4, -0.2) is 49.7 Å². The Morgan fingerprint density at radius 3 is 2.92 bits per heavy atom. The number of hydrogen-bond donors (Lipinski definition) is 0. The first kappa shape index (κ1) is 16.7. The van der Waals surface area contributed by atoms with Crippen LogP contribution in [0.15, 0.2) is 42.0 Å². The molecule has 8 heteroatoms. The topological polar surface area (TPSA) is 73.1 Å².